The molecule has 9 heavy (non-hydrogen) atoms. The van der Waals surface area contributed by atoms with Crippen molar-refractivity contribution < 1.29 is 0 Å². The molecule has 0 aromatic carbocycles. The molecule has 0 aromatic rings. The molecule has 0 unspecified atom stereocenters. The van der Waals surface area contributed by atoms with E-state index in [9.17, 15) is 0 Å². The van der Waals surface area contributed by atoms with Gasteiger partial charge in [0.15, 0.2) is 0 Å². The van der Waals surface area contributed by atoms with Gasteiger partial charge in [0.2, 0.25) is 0 Å². The first-order valence-electron chi connectivity index (χ1n) is 3.19. The zero-order valence-corrected chi connectivity index (χ0v) is 8.40. The average molecular weight is 196 g/mol. The summed E-state index contributed by atoms with van der Waals surface area (Å²) in [5, 5.41) is 0. The van der Waals surface area contributed by atoms with Gasteiger partial charge in [0.05, 0.1) is 0 Å². The van der Waals surface area contributed by atoms with Gasteiger partial charge in [0.1, 0.15) is 0 Å². The topological polar surface area (TPSA) is 35.0 Å². The molecule has 0 bridgehead atoms. The predicted octanol–water partition coefficient (Wildman–Crippen LogP) is 3.22. The standard InChI is InChI=1S/C7H15Br.H3N/c1-5(2)7(8)6(3)4;/h5-7H,1-4H3;1H3. The Balaban J connectivity index is 0. The van der Waals surface area contributed by atoms with E-state index in [2.05, 4.69) is 43.6 Å². The molecule has 58 valence electrons. The molecule has 0 aliphatic rings. The van der Waals surface area contributed by atoms with E-state index in [1.807, 2.05) is 0 Å². The molecule has 0 rings (SSSR count). The van der Waals surface area contributed by atoms with Gasteiger partial charge in [-0.15, -0.1) is 0 Å². The van der Waals surface area contributed by atoms with Crippen molar-refractivity contribution in [1.82, 2.24) is 6.15 Å². The highest BCUT2D eigenvalue weighted by Gasteiger charge is 2.11. The molecule has 0 aliphatic heterocycles. The smallest absolute Gasteiger partial charge is 0.0191 e. The van der Waals surface area contributed by atoms with E-state index in [0.29, 0.717) is 4.83 Å². The third-order valence-electron chi connectivity index (χ3n) is 1.27. The summed E-state index contributed by atoms with van der Waals surface area (Å²) in [7, 11) is 0. The second-order valence-corrected chi connectivity index (χ2v) is 3.99. The Morgan fingerprint density at radius 2 is 1.11 bits per heavy atom. The van der Waals surface area contributed by atoms with Crippen molar-refractivity contribution in [3.05, 3.63) is 0 Å². The second kappa shape index (κ2) is 5.24. The predicted molar refractivity (Wildman–Crippen MR) is 47.4 cm³/mol. The molecule has 0 fully saturated rings. The van der Waals surface area contributed by atoms with E-state index in [4.69, 9.17) is 0 Å². The average Bonchev–Trinajstić information content (AvgIpc) is 1.64. The Morgan fingerprint density at radius 1 is 0.889 bits per heavy atom. The molecular formula is C7H18BrN. The molecule has 0 radical (unpaired) electrons. The van der Waals surface area contributed by atoms with Crippen molar-refractivity contribution in [2.45, 2.75) is 32.5 Å². The highest BCUT2D eigenvalue weighted by Crippen LogP contribution is 2.19. The molecule has 0 aromatic heterocycles. The number of hydrogen-bond donors (Lipinski definition) is 1. The summed E-state index contributed by atoms with van der Waals surface area (Å²) in [6.07, 6.45) is 0. The molecule has 0 spiro atoms. The Bertz CT molecular complexity index is 53.9. The fourth-order valence-corrected chi connectivity index (χ4v) is 0.770. The van der Waals surface area contributed by atoms with Crippen LogP contribution in [-0.4, -0.2) is 4.83 Å². The first-order valence-corrected chi connectivity index (χ1v) is 4.11. The summed E-state index contributed by atoms with van der Waals surface area (Å²) in [6.45, 7) is 8.94. The van der Waals surface area contributed by atoms with Crippen LogP contribution in [0.3, 0.4) is 0 Å². The molecule has 0 saturated carbocycles. The van der Waals surface area contributed by atoms with Gasteiger partial charge in [-0.1, -0.05) is 43.6 Å². The van der Waals surface area contributed by atoms with Crippen molar-refractivity contribution in [1.29, 1.82) is 0 Å². The van der Waals surface area contributed by atoms with Crippen LogP contribution in [0.25, 0.3) is 0 Å². The van der Waals surface area contributed by atoms with Gasteiger partial charge in [0.25, 0.3) is 0 Å². The maximum atomic E-state index is 3.61. The molecule has 0 atom stereocenters. The summed E-state index contributed by atoms with van der Waals surface area (Å²) in [6, 6.07) is 0. The van der Waals surface area contributed by atoms with E-state index in [0.717, 1.165) is 11.8 Å². The number of halogens is 1. The van der Waals surface area contributed by atoms with E-state index in [1.165, 1.54) is 0 Å². The lowest BCUT2D eigenvalue weighted by Gasteiger charge is -2.16. The minimum atomic E-state index is 0. The van der Waals surface area contributed by atoms with Crippen molar-refractivity contribution in [2.75, 3.05) is 0 Å². The van der Waals surface area contributed by atoms with Gasteiger partial charge in [-0.2, -0.15) is 0 Å². The minimum Gasteiger partial charge on any atom is -0.344 e. The van der Waals surface area contributed by atoms with Crippen molar-refractivity contribution in [2.24, 2.45) is 11.8 Å². The minimum absolute atomic E-state index is 0. The summed E-state index contributed by atoms with van der Waals surface area (Å²) in [5.41, 5.74) is 0. The lowest BCUT2D eigenvalue weighted by atomic mass is 10.0. The van der Waals surface area contributed by atoms with Gasteiger partial charge in [-0.3, -0.25) is 0 Å². The quantitative estimate of drug-likeness (QED) is 0.676. The molecule has 2 heteroatoms. The molecular weight excluding hydrogens is 178 g/mol. The van der Waals surface area contributed by atoms with Gasteiger partial charge in [0, 0.05) is 4.83 Å². The van der Waals surface area contributed by atoms with Crippen LogP contribution in [0.15, 0.2) is 0 Å². The zero-order chi connectivity index (χ0) is 6.73. The summed E-state index contributed by atoms with van der Waals surface area (Å²) in [4.78, 5) is 0.683. The highest BCUT2D eigenvalue weighted by molar-refractivity contribution is 9.09. The van der Waals surface area contributed by atoms with Crippen LogP contribution >= 0.6 is 15.9 Å². The zero-order valence-electron chi connectivity index (χ0n) is 6.82. The molecule has 0 aliphatic carbocycles. The van der Waals surface area contributed by atoms with Crippen LogP contribution in [0, 0.1) is 11.8 Å². The third kappa shape index (κ3) is 4.91. The Labute approximate surface area is 66.9 Å². The normalized spacial score (nSPS) is 10.7. The fraction of sp³-hybridized carbons (Fsp3) is 1.00. The third-order valence-corrected chi connectivity index (χ3v) is 3.39. The van der Waals surface area contributed by atoms with Crippen molar-refractivity contribution in [3.8, 4) is 0 Å². The second-order valence-electron chi connectivity index (χ2n) is 2.93. The molecule has 3 N–H and O–H groups in total. The van der Waals surface area contributed by atoms with Gasteiger partial charge in [-0.25, -0.2) is 0 Å². The fourth-order valence-electron chi connectivity index (χ4n) is 0.770. The first kappa shape index (κ1) is 12.1. The lowest BCUT2D eigenvalue weighted by molar-refractivity contribution is 0.495. The summed E-state index contributed by atoms with van der Waals surface area (Å²) in [5.74, 6) is 1.52. The van der Waals surface area contributed by atoms with E-state index >= 15 is 0 Å². The maximum absolute atomic E-state index is 3.61. The molecule has 0 amide bonds. The first-order chi connectivity index (χ1) is 3.55. The summed E-state index contributed by atoms with van der Waals surface area (Å²) < 4.78 is 0. The monoisotopic (exact) mass is 195 g/mol. The van der Waals surface area contributed by atoms with Crippen LogP contribution in [0.1, 0.15) is 27.7 Å². The van der Waals surface area contributed by atoms with Crippen molar-refractivity contribution >= 4 is 15.9 Å². The van der Waals surface area contributed by atoms with Gasteiger partial charge >= 0.3 is 0 Å². The lowest BCUT2D eigenvalue weighted by Crippen LogP contribution is -2.13. The van der Waals surface area contributed by atoms with E-state index in [-0.39, 0.29) is 6.15 Å². The Morgan fingerprint density at radius 3 is 1.11 bits per heavy atom. The van der Waals surface area contributed by atoms with E-state index in [1.54, 1.807) is 0 Å². The highest BCUT2D eigenvalue weighted by atomic mass is 79.9. The van der Waals surface area contributed by atoms with Crippen LogP contribution in [0.2, 0.25) is 0 Å². The summed E-state index contributed by atoms with van der Waals surface area (Å²) >= 11 is 3.61. The number of rotatable bonds is 2. The SMILES string of the molecule is CC(C)C(Br)C(C)C.N. The number of hydrogen-bond acceptors (Lipinski definition) is 1. The Hall–Kier alpha value is 0.440. The van der Waals surface area contributed by atoms with E-state index < -0.39 is 0 Å². The van der Waals surface area contributed by atoms with Gasteiger partial charge < -0.3 is 6.15 Å². The van der Waals surface area contributed by atoms with Crippen LogP contribution in [0.4, 0.5) is 0 Å². The van der Waals surface area contributed by atoms with Gasteiger partial charge in [-0.05, 0) is 11.8 Å². The van der Waals surface area contributed by atoms with Crippen LogP contribution in [0.5, 0.6) is 0 Å². The maximum Gasteiger partial charge on any atom is 0.0191 e. The van der Waals surface area contributed by atoms with Crippen LogP contribution in [-0.2, 0) is 0 Å². The molecule has 0 saturated heterocycles. The largest absolute Gasteiger partial charge is 0.344 e. The molecule has 0 heterocycles. The van der Waals surface area contributed by atoms with Crippen LogP contribution < -0.4 is 6.15 Å². The molecule has 1 nitrogen and oxygen atoms in total. The number of alkyl halides is 1. The van der Waals surface area contributed by atoms with Crippen molar-refractivity contribution in [3.63, 3.8) is 0 Å². The Kier molecular flexibility index (Phi) is 7.08.